The number of benzene rings is 1. The Labute approximate surface area is 139 Å². The quantitative estimate of drug-likeness (QED) is 0.799. The van der Waals surface area contributed by atoms with E-state index in [0.29, 0.717) is 4.68 Å². The van der Waals surface area contributed by atoms with Crippen LogP contribution in [0.15, 0.2) is 35.2 Å². The predicted octanol–water partition coefficient (Wildman–Crippen LogP) is 0.951. The number of nitrogens with zero attached hydrogens (tertiary/aromatic N) is 3. The Morgan fingerprint density at radius 3 is 2.48 bits per heavy atom. The van der Waals surface area contributed by atoms with E-state index in [9.17, 15) is 26.4 Å². The van der Waals surface area contributed by atoms with Gasteiger partial charge in [-0.1, -0.05) is 18.2 Å². The molecule has 0 saturated carbocycles. The van der Waals surface area contributed by atoms with Crippen molar-refractivity contribution in [3.63, 3.8) is 0 Å². The Bertz CT molecular complexity index is 851. The summed E-state index contributed by atoms with van der Waals surface area (Å²) < 4.78 is 68.5. The second kappa shape index (κ2) is 6.96. The summed E-state index contributed by atoms with van der Waals surface area (Å²) in [6, 6.07) is 5.40. The van der Waals surface area contributed by atoms with Crippen LogP contribution in [-0.4, -0.2) is 36.3 Å². The van der Waals surface area contributed by atoms with Crippen molar-refractivity contribution in [3.8, 4) is 6.01 Å². The van der Waals surface area contributed by atoms with Crippen LogP contribution in [0.5, 0.6) is 6.01 Å². The molecule has 1 heterocycles. The number of hydrogen-bond donors (Lipinski definition) is 2. The zero-order chi connectivity index (χ0) is 18.7. The Hall–Kier alpha value is -2.83. The molecule has 0 saturated heterocycles. The van der Waals surface area contributed by atoms with Crippen LogP contribution in [0.4, 0.5) is 18.0 Å². The summed E-state index contributed by atoms with van der Waals surface area (Å²) in [5.41, 5.74) is 0. The molecule has 1 aromatic heterocycles. The summed E-state index contributed by atoms with van der Waals surface area (Å²) >= 11 is 0. The van der Waals surface area contributed by atoms with E-state index in [0.717, 1.165) is 7.11 Å². The molecule has 0 bridgehead atoms. The van der Waals surface area contributed by atoms with Crippen molar-refractivity contribution in [3.05, 3.63) is 36.2 Å². The first-order valence-corrected chi connectivity index (χ1v) is 8.03. The smallest absolute Gasteiger partial charge is 0.453 e. The minimum atomic E-state index is -4.79. The third kappa shape index (κ3) is 4.59. The number of rotatable bonds is 5. The number of alkyl halides is 3. The highest BCUT2D eigenvalue weighted by atomic mass is 32.2. The number of sulfonamides is 1. The van der Waals surface area contributed by atoms with Crippen molar-refractivity contribution in [1.82, 2.24) is 24.8 Å². The molecule has 2 amide bonds. The van der Waals surface area contributed by atoms with E-state index in [4.69, 9.17) is 0 Å². The van der Waals surface area contributed by atoms with Crippen LogP contribution in [0.1, 0.15) is 5.82 Å². The summed E-state index contributed by atoms with van der Waals surface area (Å²) in [4.78, 5) is 14.6. The van der Waals surface area contributed by atoms with Gasteiger partial charge in [0, 0.05) is 0 Å². The molecule has 0 spiro atoms. The van der Waals surface area contributed by atoms with Gasteiger partial charge in [0.15, 0.2) is 0 Å². The van der Waals surface area contributed by atoms with Gasteiger partial charge in [-0.25, -0.2) is 17.9 Å². The lowest BCUT2D eigenvalue weighted by Crippen LogP contribution is -2.40. The van der Waals surface area contributed by atoms with Gasteiger partial charge < -0.3 is 10.1 Å². The van der Waals surface area contributed by atoms with Crippen LogP contribution in [0.25, 0.3) is 0 Å². The van der Waals surface area contributed by atoms with E-state index in [1.807, 2.05) is 5.32 Å². The van der Waals surface area contributed by atoms with Crippen LogP contribution in [-0.2, 0) is 22.9 Å². The van der Waals surface area contributed by atoms with Gasteiger partial charge in [-0.2, -0.15) is 22.8 Å². The monoisotopic (exact) mass is 379 g/mol. The van der Waals surface area contributed by atoms with E-state index in [2.05, 4.69) is 14.8 Å². The number of hydrogen-bond acceptors (Lipinski definition) is 6. The highest BCUT2D eigenvalue weighted by Gasteiger charge is 2.37. The van der Waals surface area contributed by atoms with Gasteiger partial charge in [-0.3, -0.25) is 0 Å². The maximum Gasteiger partial charge on any atom is 0.453 e. The SMILES string of the molecule is COc1nc(C(F)(F)F)nn1CNC(=O)NS(=O)(=O)c1ccccc1. The molecule has 0 unspecified atom stereocenters. The van der Waals surface area contributed by atoms with E-state index < -0.39 is 40.7 Å². The zero-order valence-electron chi connectivity index (χ0n) is 12.6. The fraction of sp³-hybridized carbons (Fsp3) is 0.250. The molecule has 0 radical (unpaired) electrons. The summed E-state index contributed by atoms with van der Waals surface area (Å²) in [6.07, 6.45) is -4.79. The fourth-order valence-corrected chi connectivity index (χ4v) is 2.61. The van der Waals surface area contributed by atoms with Gasteiger partial charge in [-0.15, -0.1) is 5.10 Å². The molecule has 0 fully saturated rings. The number of aromatic nitrogens is 3. The first kappa shape index (κ1) is 18.5. The highest BCUT2D eigenvalue weighted by molar-refractivity contribution is 7.90. The van der Waals surface area contributed by atoms with Crippen molar-refractivity contribution in [1.29, 1.82) is 0 Å². The van der Waals surface area contributed by atoms with Crippen molar-refractivity contribution >= 4 is 16.1 Å². The third-order valence-corrected chi connectivity index (χ3v) is 4.09. The number of amides is 2. The van der Waals surface area contributed by atoms with E-state index in [1.165, 1.54) is 24.3 Å². The molecule has 0 aliphatic heterocycles. The van der Waals surface area contributed by atoms with E-state index in [-0.39, 0.29) is 4.90 Å². The lowest BCUT2D eigenvalue weighted by atomic mass is 10.4. The van der Waals surface area contributed by atoms with Crippen LogP contribution >= 0.6 is 0 Å². The molecule has 0 aliphatic carbocycles. The maximum atomic E-state index is 12.6. The van der Waals surface area contributed by atoms with Crippen LogP contribution in [0.3, 0.4) is 0 Å². The number of carbonyl (C=O) groups is 1. The van der Waals surface area contributed by atoms with Gasteiger partial charge >= 0.3 is 18.2 Å². The standard InChI is InChI=1S/C12H12F3N5O4S/c1-24-11-17-9(12(13,14)15)18-20(11)7-16-10(21)19-25(22,23)8-5-3-2-4-6-8/h2-6H,7H2,1H3,(H2,16,19,21). The number of methoxy groups -OCH3 is 1. The van der Waals surface area contributed by atoms with E-state index in [1.54, 1.807) is 10.8 Å². The Morgan fingerprint density at radius 2 is 1.92 bits per heavy atom. The van der Waals surface area contributed by atoms with Crippen LogP contribution in [0, 0.1) is 0 Å². The Kier molecular flexibility index (Phi) is 5.15. The molecular formula is C12H12F3N5O4S. The second-order valence-electron chi connectivity index (χ2n) is 4.50. The summed E-state index contributed by atoms with van der Waals surface area (Å²) in [6.45, 7) is -0.595. The Morgan fingerprint density at radius 1 is 1.28 bits per heavy atom. The molecule has 0 aliphatic rings. The minimum Gasteiger partial charge on any atom is -0.467 e. The maximum absolute atomic E-state index is 12.6. The molecule has 13 heteroatoms. The average molecular weight is 379 g/mol. The lowest BCUT2D eigenvalue weighted by molar-refractivity contribution is -0.145. The van der Waals surface area contributed by atoms with Crippen molar-refractivity contribution in [2.24, 2.45) is 0 Å². The lowest BCUT2D eigenvalue weighted by Gasteiger charge is -2.09. The number of nitrogens with one attached hydrogen (secondary N) is 2. The average Bonchev–Trinajstić information content (AvgIpc) is 2.97. The fourth-order valence-electron chi connectivity index (χ4n) is 1.67. The first-order valence-electron chi connectivity index (χ1n) is 6.55. The molecule has 2 rings (SSSR count). The summed E-state index contributed by atoms with van der Waals surface area (Å²) in [5, 5.41) is 5.19. The second-order valence-corrected chi connectivity index (χ2v) is 6.18. The van der Waals surface area contributed by atoms with Gasteiger partial charge in [0.2, 0.25) is 0 Å². The summed E-state index contributed by atoms with van der Waals surface area (Å²) in [7, 11) is -3.05. The first-order chi connectivity index (χ1) is 11.6. The largest absolute Gasteiger partial charge is 0.467 e. The van der Waals surface area contributed by atoms with Crippen molar-refractivity contribution < 1.29 is 31.1 Å². The van der Waals surface area contributed by atoms with Crippen molar-refractivity contribution in [2.75, 3.05) is 7.11 Å². The van der Waals surface area contributed by atoms with E-state index >= 15 is 0 Å². The molecular weight excluding hydrogens is 367 g/mol. The number of halogens is 3. The third-order valence-electron chi connectivity index (χ3n) is 2.74. The zero-order valence-corrected chi connectivity index (χ0v) is 13.4. The van der Waals surface area contributed by atoms with Gasteiger partial charge in [0.1, 0.15) is 6.67 Å². The molecule has 136 valence electrons. The molecule has 1 aromatic carbocycles. The molecule has 0 atom stereocenters. The predicted molar refractivity (Wildman–Crippen MR) is 76.9 cm³/mol. The van der Waals surface area contributed by atoms with Gasteiger partial charge in [-0.05, 0) is 12.1 Å². The normalized spacial score (nSPS) is 11.8. The van der Waals surface area contributed by atoms with Gasteiger partial charge in [0.05, 0.1) is 12.0 Å². The topological polar surface area (TPSA) is 115 Å². The molecule has 9 nitrogen and oxygen atoms in total. The summed E-state index contributed by atoms with van der Waals surface area (Å²) in [5.74, 6) is -1.46. The molecule has 2 N–H and O–H groups in total. The molecule has 25 heavy (non-hydrogen) atoms. The van der Waals surface area contributed by atoms with Gasteiger partial charge in [0.25, 0.3) is 15.8 Å². The van der Waals surface area contributed by atoms with Crippen molar-refractivity contribution in [2.45, 2.75) is 17.7 Å². The number of carbonyl (C=O) groups excluding carboxylic acids is 1. The number of ether oxygens (including phenoxy) is 1. The highest BCUT2D eigenvalue weighted by Crippen LogP contribution is 2.27. The Balaban J connectivity index is 2.04. The van der Waals surface area contributed by atoms with Crippen LogP contribution < -0.4 is 14.8 Å². The molecule has 2 aromatic rings. The van der Waals surface area contributed by atoms with Crippen LogP contribution in [0.2, 0.25) is 0 Å². The minimum absolute atomic E-state index is 0.150. The number of urea groups is 1.